The summed E-state index contributed by atoms with van der Waals surface area (Å²) in [7, 11) is -3.50. The number of benzene rings is 2. The third-order valence-electron chi connectivity index (χ3n) is 5.44. The fourth-order valence-electron chi connectivity index (χ4n) is 3.55. The van der Waals surface area contributed by atoms with Crippen molar-refractivity contribution in [2.45, 2.75) is 52.1 Å². The van der Waals surface area contributed by atoms with Crippen LogP contribution in [0, 0.1) is 0 Å². The highest BCUT2D eigenvalue weighted by Gasteiger charge is 2.26. The molecule has 0 fully saturated rings. The van der Waals surface area contributed by atoms with Gasteiger partial charge in [0.1, 0.15) is 6.04 Å². The van der Waals surface area contributed by atoms with Crippen LogP contribution in [0.15, 0.2) is 54.6 Å². The van der Waals surface area contributed by atoms with Gasteiger partial charge >= 0.3 is 0 Å². The summed E-state index contributed by atoms with van der Waals surface area (Å²) in [4.78, 5) is 27.4. The van der Waals surface area contributed by atoms with Crippen LogP contribution in [0.3, 0.4) is 0 Å². The highest BCUT2D eigenvalue weighted by atomic mass is 35.5. The van der Waals surface area contributed by atoms with Gasteiger partial charge in [0.05, 0.1) is 11.9 Å². The van der Waals surface area contributed by atoms with Crippen molar-refractivity contribution in [1.29, 1.82) is 0 Å². The van der Waals surface area contributed by atoms with Crippen LogP contribution in [-0.2, 0) is 26.2 Å². The lowest BCUT2D eigenvalue weighted by Gasteiger charge is -2.29. The third-order valence-corrected chi connectivity index (χ3v) is 6.86. The first kappa shape index (κ1) is 27.7. The molecule has 7 nitrogen and oxygen atoms in total. The fourth-order valence-corrected chi connectivity index (χ4v) is 4.73. The van der Waals surface area contributed by atoms with E-state index in [1.807, 2.05) is 19.1 Å². The van der Waals surface area contributed by atoms with Crippen LogP contribution in [0.25, 0.3) is 0 Å². The molecule has 0 aliphatic rings. The summed E-state index contributed by atoms with van der Waals surface area (Å²) in [5.41, 5.74) is 1.37. The van der Waals surface area contributed by atoms with Crippen LogP contribution < -0.4 is 9.62 Å². The van der Waals surface area contributed by atoms with E-state index < -0.39 is 16.1 Å². The molecule has 2 aromatic carbocycles. The molecule has 0 unspecified atom stereocenters. The van der Waals surface area contributed by atoms with Crippen molar-refractivity contribution in [2.24, 2.45) is 0 Å². The topological polar surface area (TPSA) is 86.8 Å². The van der Waals surface area contributed by atoms with E-state index in [2.05, 4.69) is 5.32 Å². The second kappa shape index (κ2) is 13.3. The SMILES string of the molecule is CCCCNC(=O)[C@H](C)N(Cc1cccc(Cl)c1)C(=O)CCCN(c1ccccc1)S(C)(=O)=O. The summed E-state index contributed by atoms with van der Waals surface area (Å²) >= 11 is 6.11. The van der Waals surface area contributed by atoms with E-state index in [1.165, 1.54) is 9.21 Å². The summed E-state index contributed by atoms with van der Waals surface area (Å²) in [6.45, 7) is 4.70. The standard InChI is InChI=1S/C25H34ClN3O4S/c1-4-5-16-27-25(31)20(2)28(19-21-11-9-12-22(26)18-21)24(30)15-10-17-29(34(3,32)33)23-13-7-6-8-14-23/h6-9,11-14,18,20H,4-5,10,15-17,19H2,1-3H3,(H,27,31)/t20-/m0/s1. The molecule has 0 radical (unpaired) electrons. The predicted molar refractivity (Wildman–Crippen MR) is 137 cm³/mol. The van der Waals surface area contributed by atoms with E-state index >= 15 is 0 Å². The fraction of sp³-hybridized carbons (Fsp3) is 0.440. The summed E-state index contributed by atoms with van der Waals surface area (Å²) in [5.74, 6) is -0.439. The average Bonchev–Trinajstić information content (AvgIpc) is 2.79. The smallest absolute Gasteiger partial charge is 0.242 e. The molecule has 2 amide bonds. The van der Waals surface area contributed by atoms with Crippen molar-refractivity contribution in [3.8, 4) is 0 Å². The average molecular weight is 508 g/mol. The van der Waals surface area contributed by atoms with Crippen molar-refractivity contribution >= 4 is 39.1 Å². The molecule has 0 saturated carbocycles. The molecule has 0 saturated heterocycles. The van der Waals surface area contributed by atoms with Crippen LogP contribution in [0.2, 0.25) is 5.02 Å². The molecule has 1 N–H and O–H groups in total. The Balaban J connectivity index is 2.12. The van der Waals surface area contributed by atoms with E-state index in [-0.39, 0.29) is 31.3 Å². The van der Waals surface area contributed by atoms with E-state index in [0.717, 1.165) is 24.7 Å². The molecule has 0 aromatic heterocycles. The molecule has 0 aliphatic carbocycles. The predicted octanol–water partition coefficient (Wildman–Crippen LogP) is 4.22. The van der Waals surface area contributed by atoms with E-state index in [4.69, 9.17) is 11.6 Å². The number of carbonyl (C=O) groups excluding carboxylic acids is 2. The first-order valence-corrected chi connectivity index (χ1v) is 13.7. The van der Waals surface area contributed by atoms with Gasteiger partial charge in [0.25, 0.3) is 0 Å². The zero-order valence-electron chi connectivity index (χ0n) is 20.0. The van der Waals surface area contributed by atoms with E-state index in [0.29, 0.717) is 23.7 Å². The Hall–Kier alpha value is -2.58. The van der Waals surface area contributed by atoms with Crippen molar-refractivity contribution in [1.82, 2.24) is 10.2 Å². The Kier molecular flexibility index (Phi) is 10.9. The molecule has 0 aliphatic heterocycles. The maximum atomic E-state index is 13.2. The number of sulfonamides is 1. The lowest BCUT2D eigenvalue weighted by atomic mass is 10.1. The number of amides is 2. The zero-order valence-corrected chi connectivity index (χ0v) is 21.6. The highest BCUT2D eigenvalue weighted by Crippen LogP contribution is 2.19. The number of hydrogen-bond donors (Lipinski definition) is 1. The second-order valence-corrected chi connectivity index (χ2v) is 10.6. The molecular formula is C25H34ClN3O4S. The number of para-hydroxylation sites is 1. The molecule has 2 aromatic rings. The molecule has 2 rings (SSSR count). The molecule has 0 heterocycles. The molecule has 0 spiro atoms. The lowest BCUT2D eigenvalue weighted by Crippen LogP contribution is -2.48. The number of halogens is 1. The molecule has 0 bridgehead atoms. The van der Waals surface area contributed by atoms with Crippen molar-refractivity contribution in [3.63, 3.8) is 0 Å². The summed E-state index contributed by atoms with van der Waals surface area (Å²) in [6, 6.07) is 15.3. The number of anilines is 1. The Bertz CT molecular complexity index is 1050. The number of hydrogen-bond acceptors (Lipinski definition) is 4. The van der Waals surface area contributed by atoms with Gasteiger partial charge in [-0.3, -0.25) is 13.9 Å². The van der Waals surface area contributed by atoms with Crippen LogP contribution in [-0.4, -0.2) is 50.5 Å². The van der Waals surface area contributed by atoms with Gasteiger partial charge in [-0.05, 0) is 49.6 Å². The van der Waals surface area contributed by atoms with Gasteiger partial charge in [0, 0.05) is 31.1 Å². The Morgan fingerprint density at radius 3 is 2.38 bits per heavy atom. The van der Waals surface area contributed by atoms with Gasteiger partial charge in [-0.2, -0.15) is 0 Å². The minimum Gasteiger partial charge on any atom is -0.354 e. The van der Waals surface area contributed by atoms with Crippen LogP contribution in [0.5, 0.6) is 0 Å². The molecule has 1 atom stereocenters. The van der Waals surface area contributed by atoms with Crippen LogP contribution >= 0.6 is 11.6 Å². The van der Waals surface area contributed by atoms with Gasteiger partial charge in [-0.1, -0.05) is 55.3 Å². The van der Waals surface area contributed by atoms with Crippen molar-refractivity contribution in [3.05, 3.63) is 65.2 Å². The summed E-state index contributed by atoms with van der Waals surface area (Å²) < 4.78 is 25.9. The van der Waals surface area contributed by atoms with Gasteiger partial charge in [-0.15, -0.1) is 0 Å². The van der Waals surface area contributed by atoms with Crippen LogP contribution in [0.4, 0.5) is 5.69 Å². The first-order chi connectivity index (χ1) is 16.1. The summed E-state index contributed by atoms with van der Waals surface area (Å²) in [6.07, 6.45) is 3.39. The monoisotopic (exact) mass is 507 g/mol. The Morgan fingerprint density at radius 2 is 1.76 bits per heavy atom. The number of rotatable bonds is 13. The molecular weight excluding hydrogens is 474 g/mol. The number of nitrogens with one attached hydrogen (secondary N) is 1. The van der Waals surface area contributed by atoms with E-state index in [1.54, 1.807) is 49.4 Å². The minimum absolute atomic E-state index is 0.103. The third kappa shape index (κ3) is 8.65. The zero-order chi connectivity index (χ0) is 25.1. The van der Waals surface area contributed by atoms with Gasteiger partial charge in [0.2, 0.25) is 21.8 Å². The largest absolute Gasteiger partial charge is 0.354 e. The molecule has 186 valence electrons. The van der Waals surface area contributed by atoms with Crippen molar-refractivity contribution in [2.75, 3.05) is 23.7 Å². The van der Waals surface area contributed by atoms with E-state index in [9.17, 15) is 18.0 Å². The van der Waals surface area contributed by atoms with Gasteiger partial charge in [0.15, 0.2) is 0 Å². The number of unbranched alkanes of at least 4 members (excludes halogenated alkanes) is 1. The first-order valence-electron chi connectivity index (χ1n) is 11.5. The highest BCUT2D eigenvalue weighted by molar-refractivity contribution is 7.92. The minimum atomic E-state index is -3.50. The normalized spacial score (nSPS) is 12.1. The maximum absolute atomic E-state index is 13.2. The maximum Gasteiger partial charge on any atom is 0.242 e. The number of nitrogens with zero attached hydrogens (tertiary/aromatic N) is 2. The van der Waals surface area contributed by atoms with Crippen LogP contribution in [0.1, 0.15) is 45.1 Å². The Morgan fingerprint density at radius 1 is 1.06 bits per heavy atom. The number of carbonyl (C=O) groups is 2. The molecule has 9 heteroatoms. The van der Waals surface area contributed by atoms with Gasteiger partial charge in [-0.25, -0.2) is 8.42 Å². The Labute approximate surface area is 208 Å². The summed E-state index contributed by atoms with van der Waals surface area (Å²) in [5, 5.41) is 3.44. The van der Waals surface area contributed by atoms with Gasteiger partial charge < -0.3 is 10.2 Å². The second-order valence-electron chi connectivity index (χ2n) is 8.25. The molecule has 34 heavy (non-hydrogen) atoms. The van der Waals surface area contributed by atoms with Crippen molar-refractivity contribution < 1.29 is 18.0 Å². The quantitative estimate of drug-likeness (QED) is 0.411. The lowest BCUT2D eigenvalue weighted by molar-refractivity contribution is -0.140.